The molecule has 1 heterocycles. The first kappa shape index (κ1) is 11.0. The Balaban J connectivity index is 2.46. The minimum absolute atomic E-state index is 0.166. The average molecular weight is 216 g/mol. The van der Waals surface area contributed by atoms with Crippen LogP contribution in [0.2, 0.25) is 0 Å². The molecule has 0 bridgehead atoms. The van der Waals surface area contributed by atoms with E-state index in [0.717, 1.165) is 10.8 Å². The van der Waals surface area contributed by atoms with Crippen LogP contribution in [0.5, 0.6) is 5.95 Å². The third-order valence-electron chi connectivity index (χ3n) is 1.29. The SMILES string of the molecule is CCOC(=O)Oc1ccc(SCC)o1. The Hall–Kier alpha value is -1.10. The summed E-state index contributed by atoms with van der Waals surface area (Å²) in [4.78, 5) is 10.9. The van der Waals surface area contributed by atoms with Gasteiger partial charge in [0.15, 0.2) is 5.09 Å². The van der Waals surface area contributed by atoms with Crippen molar-refractivity contribution in [3.05, 3.63) is 12.1 Å². The summed E-state index contributed by atoms with van der Waals surface area (Å²) in [5.74, 6) is 1.08. The van der Waals surface area contributed by atoms with Crippen LogP contribution >= 0.6 is 11.8 Å². The Labute approximate surface area is 86.6 Å². The average Bonchev–Trinajstić information content (AvgIpc) is 2.53. The molecule has 0 radical (unpaired) electrons. The number of hydrogen-bond donors (Lipinski definition) is 0. The predicted molar refractivity (Wildman–Crippen MR) is 52.8 cm³/mol. The number of rotatable bonds is 4. The zero-order valence-corrected chi connectivity index (χ0v) is 8.93. The lowest BCUT2D eigenvalue weighted by Crippen LogP contribution is -2.09. The molecule has 0 amide bonds. The van der Waals surface area contributed by atoms with E-state index >= 15 is 0 Å². The first-order valence-corrected chi connectivity index (χ1v) is 5.32. The summed E-state index contributed by atoms with van der Waals surface area (Å²) < 4.78 is 14.5. The van der Waals surface area contributed by atoms with Crippen LogP contribution in [0.1, 0.15) is 13.8 Å². The van der Waals surface area contributed by atoms with Gasteiger partial charge < -0.3 is 13.9 Å². The lowest BCUT2D eigenvalue weighted by atomic mass is 10.6. The van der Waals surface area contributed by atoms with Crippen LogP contribution in [0.4, 0.5) is 4.79 Å². The highest BCUT2D eigenvalue weighted by Crippen LogP contribution is 2.25. The molecule has 0 aliphatic heterocycles. The molecule has 0 aliphatic rings. The van der Waals surface area contributed by atoms with Crippen LogP contribution in [-0.4, -0.2) is 18.5 Å². The topological polar surface area (TPSA) is 48.7 Å². The van der Waals surface area contributed by atoms with Crippen LogP contribution in [0, 0.1) is 0 Å². The maximum Gasteiger partial charge on any atom is 0.516 e. The van der Waals surface area contributed by atoms with Crippen molar-refractivity contribution in [3.63, 3.8) is 0 Å². The highest BCUT2D eigenvalue weighted by atomic mass is 32.2. The molecular formula is C9H12O4S. The molecular weight excluding hydrogens is 204 g/mol. The van der Waals surface area contributed by atoms with Gasteiger partial charge in [-0.3, -0.25) is 0 Å². The van der Waals surface area contributed by atoms with Gasteiger partial charge >= 0.3 is 6.16 Å². The summed E-state index contributed by atoms with van der Waals surface area (Å²) >= 11 is 1.54. The number of carbonyl (C=O) groups is 1. The van der Waals surface area contributed by atoms with Crippen LogP contribution in [0.15, 0.2) is 21.6 Å². The molecule has 5 heteroatoms. The molecule has 0 spiro atoms. The Kier molecular flexibility index (Phi) is 4.39. The van der Waals surface area contributed by atoms with E-state index in [-0.39, 0.29) is 12.6 Å². The summed E-state index contributed by atoms with van der Waals surface area (Å²) in [6, 6.07) is 3.34. The van der Waals surface area contributed by atoms with Gasteiger partial charge in [0.2, 0.25) is 0 Å². The van der Waals surface area contributed by atoms with Gasteiger partial charge in [-0.2, -0.15) is 0 Å². The molecule has 0 atom stereocenters. The van der Waals surface area contributed by atoms with Crippen molar-refractivity contribution in [2.45, 2.75) is 18.9 Å². The molecule has 1 rings (SSSR count). The van der Waals surface area contributed by atoms with E-state index in [1.165, 1.54) is 11.8 Å². The van der Waals surface area contributed by atoms with Crippen LogP contribution < -0.4 is 4.74 Å². The molecule has 0 fully saturated rings. The van der Waals surface area contributed by atoms with Gasteiger partial charge in [0.25, 0.3) is 5.95 Å². The van der Waals surface area contributed by atoms with Gasteiger partial charge in [-0.05, 0) is 18.7 Å². The molecule has 4 nitrogen and oxygen atoms in total. The van der Waals surface area contributed by atoms with Gasteiger partial charge in [-0.15, -0.1) is 0 Å². The summed E-state index contributed by atoms with van der Waals surface area (Å²) in [7, 11) is 0. The number of thioether (sulfide) groups is 1. The molecule has 78 valence electrons. The predicted octanol–water partition coefficient (Wildman–Crippen LogP) is 2.93. The fourth-order valence-electron chi connectivity index (χ4n) is 0.807. The fraction of sp³-hybridized carbons (Fsp3) is 0.444. The quantitative estimate of drug-likeness (QED) is 0.572. The lowest BCUT2D eigenvalue weighted by Gasteiger charge is -1.99. The van der Waals surface area contributed by atoms with Gasteiger partial charge in [0.1, 0.15) is 0 Å². The molecule has 0 aliphatic carbocycles. The third-order valence-corrected chi connectivity index (χ3v) is 2.08. The summed E-state index contributed by atoms with van der Waals surface area (Å²) in [5.41, 5.74) is 0. The van der Waals surface area contributed by atoms with Crippen molar-refractivity contribution in [2.24, 2.45) is 0 Å². The largest absolute Gasteiger partial charge is 0.516 e. The second-order valence-electron chi connectivity index (χ2n) is 2.29. The molecule has 0 saturated carbocycles. The van der Waals surface area contributed by atoms with Gasteiger partial charge in [0, 0.05) is 6.07 Å². The zero-order chi connectivity index (χ0) is 10.4. The number of hydrogen-bond acceptors (Lipinski definition) is 5. The Morgan fingerprint density at radius 1 is 1.50 bits per heavy atom. The standard InChI is InChI=1S/C9H12O4S/c1-3-11-9(10)13-7-5-6-8(12-7)14-4-2/h5-6H,3-4H2,1-2H3. The minimum Gasteiger partial charge on any atom is -0.434 e. The molecule has 0 unspecified atom stereocenters. The van der Waals surface area contributed by atoms with E-state index in [0.29, 0.717) is 0 Å². The van der Waals surface area contributed by atoms with Crippen molar-refractivity contribution in [1.82, 2.24) is 0 Å². The number of carbonyl (C=O) groups excluding carboxylic acids is 1. The first-order valence-electron chi connectivity index (χ1n) is 4.33. The second-order valence-corrected chi connectivity index (χ2v) is 3.56. The maximum absolute atomic E-state index is 10.9. The fourth-order valence-corrected chi connectivity index (χ4v) is 1.40. The summed E-state index contributed by atoms with van der Waals surface area (Å²) in [5, 5.41) is 0.729. The van der Waals surface area contributed by atoms with Crippen LogP contribution in [0.3, 0.4) is 0 Å². The Morgan fingerprint density at radius 2 is 2.29 bits per heavy atom. The van der Waals surface area contributed by atoms with Gasteiger partial charge in [0.05, 0.1) is 6.61 Å². The monoisotopic (exact) mass is 216 g/mol. The molecule has 0 aromatic carbocycles. The van der Waals surface area contributed by atoms with E-state index in [1.807, 2.05) is 6.92 Å². The maximum atomic E-state index is 10.9. The van der Waals surface area contributed by atoms with Crippen LogP contribution in [0.25, 0.3) is 0 Å². The highest BCUT2D eigenvalue weighted by Gasteiger charge is 2.08. The number of ether oxygens (including phenoxy) is 2. The van der Waals surface area contributed by atoms with Crippen LogP contribution in [-0.2, 0) is 4.74 Å². The first-order chi connectivity index (χ1) is 6.76. The zero-order valence-electron chi connectivity index (χ0n) is 8.11. The van der Waals surface area contributed by atoms with E-state index in [1.54, 1.807) is 19.1 Å². The third kappa shape index (κ3) is 3.33. The Morgan fingerprint density at radius 3 is 2.93 bits per heavy atom. The van der Waals surface area contributed by atoms with E-state index in [2.05, 4.69) is 4.74 Å². The van der Waals surface area contributed by atoms with Crippen molar-refractivity contribution in [3.8, 4) is 5.95 Å². The molecule has 0 saturated heterocycles. The summed E-state index contributed by atoms with van der Waals surface area (Å²) in [6.45, 7) is 4.01. The van der Waals surface area contributed by atoms with Crippen molar-refractivity contribution in [1.29, 1.82) is 0 Å². The smallest absolute Gasteiger partial charge is 0.434 e. The molecule has 1 aromatic heterocycles. The molecule has 0 N–H and O–H groups in total. The van der Waals surface area contributed by atoms with E-state index < -0.39 is 6.16 Å². The van der Waals surface area contributed by atoms with E-state index in [4.69, 9.17) is 9.15 Å². The number of furan rings is 1. The molecule has 14 heavy (non-hydrogen) atoms. The van der Waals surface area contributed by atoms with E-state index in [9.17, 15) is 4.79 Å². The van der Waals surface area contributed by atoms with Crippen molar-refractivity contribution >= 4 is 17.9 Å². The van der Waals surface area contributed by atoms with Crippen molar-refractivity contribution in [2.75, 3.05) is 12.4 Å². The normalized spacial score (nSPS) is 9.86. The lowest BCUT2D eigenvalue weighted by molar-refractivity contribution is 0.0931. The van der Waals surface area contributed by atoms with Gasteiger partial charge in [-0.25, -0.2) is 4.79 Å². The molecule has 1 aromatic rings. The minimum atomic E-state index is -0.741. The second kappa shape index (κ2) is 5.59. The van der Waals surface area contributed by atoms with Crippen molar-refractivity contribution < 1.29 is 18.7 Å². The summed E-state index contributed by atoms with van der Waals surface area (Å²) in [6.07, 6.45) is -0.741. The highest BCUT2D eigenvalue weighted by molar-refractivity contribution is 7.99. The Bertz CT molecular complexity index is 295. The van der Waals surface area contributed by atoms with Gasteiger partial charge in [-0.1, -0.05) is 18.7 Å².